The maximum absolute atomic E-state index is 6.33. The number of anilines is 1. The van der Waals surface area contributed by atoms with Gasteiger partial charge in [-0.2, -0.15) is 0 Å². The molecule has 0 aliphatic carbocycles. The van der Waals surface area contributed by atoms with Crippen molar-refractivity contribution in [2.24, 2.45) is 5.73 Å². The molecule has 1 atom stereocenters. The smallest absolute Gasteiger partial charge is 0.120 e. The Bertz CT molecular complexity index is 621. The van der Waals surface area contributed by atoms with Crippen LogP contribution in [0.2, 0.25) is 5.02 Å². The molecule has 0 radical (unpaired) electrons. The summed E-state index contributed by atoms with van der Waals surface area (Å²) >= 11 is 9.82. The van der Waals surface area contributed by atoms with Gasteiger partial charge < -0.3 is 15.4 Å². The molecule has 2 aromatic rings. The van der Waals surface area contributed by atoms with Crippen LogP contribution in [0.25, 0.3) is 0 Å². The van der Waals surface area contributed by atoms with Crippen molar-refractivity contribution in [2.75, 3.05) is 25.6 Å². The van der Waals surface area contributed by atoms with E-state index in [1.165, 1.54) is 0 Å². The maximum atomic E-state index is 6.33. The zero-order valence-electron chi connectivity index (χ0n) is 12.0. The van der Waals surface area contributed by atoms with Crippen LogP contribution in [0, 0.1) is 0 Å². The Hall–Kier alpha value is -1.23. The van der Waals surface area contributed by atoms with E-state index in [4.69, 9.17) is 22.1 Å². The summed E-state index contributed by atoms with van der Waals surface area (Å²) in [5.41, 5.74) is 8.01. The number of benzene rings is 2. The van der Waals surface area contributed by atoms with Gasteiger partial charge in [-0.3, -0.25) is 0 Å². The Labute approximate surface area is 138 Å². The molecule has 0 aliphatic rings. The quantitative estimate of drug-likeness (QED) is 0.856. The third-order valence-corrected chi connectivity index (χ3v) is 4.31. The van der Waals surface area contributed by atoms with Crippen molar-refractivity contribution >= 4 is 33.2 Å². The standard InChI is InChI=1S/C16H18BrClN2O/c1-20(12-4-3-5-13(9-12)21-2)16(10-19)14-8-11(17)6-7-15(14)18/h3-9,16H,10,19H2,1-2H3. The van der Waals surface area contributed by atoms with Gasteiger partial charge in [-0.25, -0.2) is 0 Å². The van der Waals surface area contributed by atoms with Gasteiger partial charge in [-0.05, 0) is 35.9 Å². The molecular formula is C16H18BrClN2O. The largest absolute Gasteiger partial charge is 0.497 e. The first-order valence-electron chi connectivity index (χ1n) is 6.58. The van der Waals surface area contributed by atoms with Gasteiger partial charge in [0.2, 0.25) is 0 Å². The molecule has 112 valence electrons. The number of halogens is 2. The predicted octanol–water partition coefficient (Wildman–Crippen LogP) is 4.25. The first kappa shape index (κ1) is 16.1. The van der Waals surface area contributed by atoms with E-state index >= 15 is 0 Å². The number of hydrogen-bond donors (Lipinski definition) is 1. The first-order chi connectivity index (χ1) is 10.1. The van der Waals surface area contributed by atoms with Crippen molar-refractivity contribution in [3.8, 4) is 5.75 Å². The Kier molecular flexibility index (Phi) is 5.51. The molecule has 0 heterocycles. The summed E-state index contributed by atoms with van der Waals surface area (Å²) in [5.74, 6) is 0.815. The summed E-state index contributed by atoms with van der Waals surface area (Å²) in [7, 11) is 3.66. The van der Waals surface area contributed by atoms with Crippen molar-refractivity contribution in [2.45, 2.75) is 6.04 Å². The monoisotopic (exact) mass is 368 g/mol. The lowest BCUT2D eigenvalue weighted by Crippen LogP contribution is -2.30. The van der Waals surface area contributed by atoms with Crippen molar-refractivity contribution in [3.63, 3.8) is 0 Å². The molecule has 21 heavy (non-hydrogen) atoms. The minimum absolute atomic E-state index is 0.0119. The third kappa shape index (κ3) is 3.70. The highest BCUT2D eigenvalue weighted by Crippen LogP contribution is 2.32. The SMILES string of the molecule is COc1cccc(N(C)C(CN)c2cc(Br)ccc2Cl)c1. The van der Waals surface area contributed by atoms with Crippen LogP contribution in [0.15, 0.2) is 46.9 Å². The second kappa shape index (κ2) is 7.16. The minimum Gasteiger partial charge on any atom is -0.497 e. The molecule has 0 amide bonds. The second-order valence-electron chi connectivity index (χ2n) is 4.73. The number of methoxy groups -OCH3 is 1. The predicted molar refractivity (Wildman–Crippen MR) is 92.3 cm³/mol. The third-order valence-electron chi connectivity index (χ3n) is 3.47. The molecular weight excluding hydrogens is 352 g/mol. The summed E-state index contributed by atoms with van der Waals surface area (Å²) in [5, 5.41) is 0.711. The number of rotatable bonds is 5. The Morgan fingerprint density at radius 1 is 1.29 bits per heavy atom. The van der Waals surface area contributed by atoms with Crippen molar-refractivity contribution < 1.29 is 4.74 Å². The summed E-state index contributed by atoms with van der Waals surface area (Å²) in [4.78, 5) is 2.11. The molecule has 0 bridgehead atoms. The van der Waals surface area contributed by atoms with Gasteiger partial charge in [0, 0.05) is 34.8 Å². The number of nitrogens with two attached hydrogens (primary N) is 1. The van der Waals surface area contributed by atoms with E-state index in [9.17, 15) is 0 Å². The highest BCUT2D eigenvalue weighted by atomic mass is 79.9. The lowest BCUT2D eigenvalue weighted by atomic mass is 10.0. The van der Waals surface area contributed by atoms with Gasteiger partial charge in [0.15, 0.2) is 0 Å². The highest BCUT2D eigenvalue weighted by molar-refractivity contribution is 9.10. The highest BCUT2D eigenvalue weighted by Gasteiger charge is 2.19. The summed E-state index contributed by atoms with van der Waals surface area (Å²) in [6.07, 6.45) is 0. The van der Waals surface area contributed by atoms with Gasteiger partial charge in [0.05, 0.1) is 13.2 Å². The lowest BCUT2D eigenvalue weighted by molar-refractivity contribution is 0.414. The van der Waals surface area contributed by atoms with Gasteiger partial charge in [0.1, 0.15) is 5.75 Å². The fraction of sp³-hybridized carbons (Fsp3) is 0.250. The molecule has 0 aliphatic heterocycles. The lowest BCUT2D eigenvalue weighted by Gasteiger charge is -2.30. The van der Waals surface area contributed by atoms with E-state index in [-0.39, 0.29) is 6.04 Å². The minimum atomic E-state index is -0.0119. The number of hydrogen-bond acceptors (Lipinski definition) is 3. The van der Waals surface area contributed by atoms with E-state index in [0.717, 1.165) is 21.5 Å². The molecule has 2 N–H and O–H groups in total. The Morgan fingerprint density at radius 2 is 2.05 bits per heavy atom. The molecule has 2 rings (SSSR count). The van der Waals surface area contributed by atoms with Crippen LogP contribution >= 0.6 is 27.5 Å². The molecule has 0 saturated heterocycles. The van der Waals surface area contributed by atoms with Crippen LogP contribution in [0.5, 0.6) is 5.75 Å². The Balaban J connectivity index is 2.37. The van der Waals surface area contributed by atoms with E-state index in [1.54, 1.807) is 7.11 Å². The van der Waals surface area contributed by atoms with Crippen LogP contribution < -0.4 is 15.4 Å². The molecule has 0 aromatic heterocycles. The topological polar surface area (TPSA) is 38.5 Å². The number of ether oxygens (including phenoxy) is 1. The van der Waals surface area contributed by atoms with Crippen molar-refractivity contribution in [1.82, 2.24) is 0 Å². The van der Waals surface area contributed by atoms with Crippen LogP contribution in [0.1, 0.15) is 11.6 Å². The fourth-order valence-corrected chi connectivity index (χ4v) is 2.90. The van der Waals surface area contributed by atoms with Gasteiger partial charge in [0.25, 0.3) is 0 Å². The van der Waals surface area contributed by atoms with Gasteiger partial charge in [-0.1, -0.05) is 33.6 Å². The zero-order valence-corrected chi connectivity index (χ0v) is 14.4. The van der Waals surface area contributed by atoms with E-state index in [1.807, 2.05) is 49.5 Å². The molecule has 1 unspecified atom stereocenters. The van der Waals surface area contributed by atoms with Gasteiger partial charge in [-0.15, -0.1) is 0 Å². The van der Waals surface area contributed by atoms with Crippen LogP contribution in [-0.4, -0.2) is 20.7 Å². The Morgan fingerprint density at radius 3 is 2.71 bits per heavy atom. The molecule has 5 heteroatoms. The number of likely N-dealkylation sites (N-methyl/N-ethyl adjacent to an activating group) is 1. The second-order valence-corrected chi connectivity index (χ2v) is 6.05. The van der Waals surface area contributed by atoms with Crippen molar-refractivity contribution in [1.29, 1.82) is 0 Å². The molecule has 0 fully saturated rings. The van der Waals surface area contributed by atoms with Gasteiger partial charge >= 0.3 is 0 Å². The van der Waals surface area contributed by atoms with Crippen LogP contribution in [-0.2, 0) is 0 Å². The summed E-state index contributed by atoms with van der Waals surface area (Å²) in [6, 6.07) is 13.7. The summed E-state index contributed by atoms with van der Waals surface area (Å²) in [6.45, 7) is 0.462. The average molecular weight is 370 g/mol. The average Bonchev–Trinajstić information content (AvgIpc) is 2.51. The molecule has 0 spiro atoms. The number of nitrogens with zero attached hydrogens (tertiary/aromatic N) is 1. The summed E-state index contributed by atoms with van der Waals surface area (Å²) < 4.78 is 6.26. The molecule has 3 nitrogen and oxygen atoms in total. The van der Waals surface area contributed by atoms with E-state index in [0.29, 0.717) is 11.6 Å². The zero-order chi connectivity index (χ0) is 15.4. The van der Waals surface area contributed by atoms with Crippen LogP contribution in [0.4, 0.5) is 5.69 Å². The van der Waals surface area contributed by atoms with E-state index < -0.39 is 0 Å². The fourth-order valence-electron chi connectivity index (χ4n) is 2.27. The molecule has 0 saturated carbocycles. The van der Waals surface area contributed by atoms with E-state index in [2.05, 4.69) is 20.8 Å². The first-order valence-corrected chi connectivity index (χ1v) is 7.75. The van der Waals surface area contributed by atoms with Crippen molar-refractivity contribution in [3.05, 3.63) is 57.5 Å². The molecule has 2 aromatic carbocycles. The van der Waals surface area contributed by atoms with Crippen LogP contribution in [0.3, 0.4) is 0 Å². The maximum Gasteiger partial charge on any atom is 0.120 e. The normalized spacial score (nSPS) is 12.0.